The van der Waals surface area contributed by atoms with E-state index in [0.717, 1.165) is 23.9 Å². The molecule has 5 heteroatoms. The van der Waals surface area contributed by atoms with Crippen molar-refractivity contribution in [2.45, 2.75) is 32.1 Å². The fourth-order valence-corrected chi connectivity index (χ4v) is 3.92. The third kappa shape index (κ3) is 3.58. The molecule has 1 saturated carbocycles. The van der Waals surface area contributed by atoms with Crippen LogP contribution in [0.15, 0.2) is 29.4 Å². The molecule has 1 aliphatic heterocycles. The van der Waals surface area contributed by atoms with Gasteiger partial charge in [0.15, 0.2) is 5.11 Å². The lowest BCUT2D eigenvalue weighted by atomic mass is 9.75. The Morgan fingerprint density at radius 1 is 1.23 bits per heavy atom. The third-order valence-electron chi connectivity index (χ3n) is 4.95. The lowest BCUT2D eigenvalue weighted by Crippen LogP contribution is -2.42. The van der Waals surface area contributed by atoms with Crippen LogP contribution in [0.2, 0.25) is 0 Å². The highest BCUT2D eigenvalue weighted by atomic mass is 32.1. The summed E-state index contributed by atoms with van der Waals surface area (Å²) >= 11 is 4.78. The summed E-state index contributed by atoms with van der Waals surface area (Å²) in [5, 5.41) is 4.30. The minimum atomic E-state index is 0.191. The van der Waals surface area contributed by atoms with Gasteiger partial charge in [-0.05, 0) is 43.0 Å². The van der Waals surface area contributed by atoms with Gasteiger partial charge < -0.3 is 10.6 Å². The fraction of sp³-hybridized carbons (Fsp3) is 0.529. The van der Waals surface area contributed by atoms with Crippen molar-refractivity contribution in [1.82, 2.24) is 5.43 Å². The molecule has 3 rings (SSSR count). The number of para-hydroxylation sites is 1. The number of piperidine rings is 1. The van der Waals surface area contributed by atoms with Crippen LogP contribution < -0.4 is 16.1 Å². The van der Waals surface area contributed by atoms with Crippen molar-refractivity contribution >= 4 is 29.2 Å². The first-order valence-electron chi connectivity index (χ1n) is 8.16. The smallest absolute Gasteiger partial charge is 0.184 e. The zero-order valence-corrected chi connectivity index (χ0v) is 13.7. The van der Waals surface area contributed by atoms with Gasteiger partial charge in [-0.1, -0.05) is 37.5 Å². The van der Waals surface area contributed by atoms with E-state index >= 15 is 0 Å². The van der Waals surface area contributed by atoms with Crippen molar-refractivity contribution in [2.75, 3.05) is 18.0 Å². The molecule has 0 unspecified atom stereocenters. The lowest BCUT2D eigenvalue weighted by molar-refractivity contribution is 0.202. The van der Waals surface area contributed by atoms with Gasteiger partial charge in [0.1, 0.15) is 0 Å². The van der Waals surface area contributed by atoms with Gasteiger partial charge in [0.2, 0.25) is 0 Å². The Labute approximate surface area is 137 Å². The minimum Gasteiger partial charge on any atom is -0.375 e. The van der Waals surface area contributed by atoms with E-state index in [-0.39, 0.29) is 5.11 Å². The van der Waals surface area contributed by atoms with Crippen LogP contribution >= 0.6 is 12.2 Å². The van der Waals surface area contributed by atoms with Gasteiger partial charge in [-0.15, -0.1) is 0 Å². The second kappa shape index (κ2) is 7.09. The maximum atomic E-state index is 5.41. The van der Waals surface area contributed by atoms with E-state index in [9.17, 15) is 0 Å². The van der Waals surface area contributed by atoms with Gasteiger partial charge in [-0.2, -0.15) is 5.10 Å². The lowest BCUT2D eigenvalue weighted by Gasteiger charge is -2.42. The maximum absolute atomic E-state index is 5.41. The molecule has 0 aromatic heterocycles. The minimum absolute atomic E-state index is 0.191. The third-order valence-corrected chi connectivity index (χ3v) is 5.04. The fourth-order valence-electron chi connectivity index (χ4n) is 3.87. The Balaban J connectivity index is 1.74. The number of thiocarbonyl (C=S) groups is 1. The number of nitrogens with one attached hydrogen (secondary N) is 1. The summed E-state index contributed by atoms with van der Waals surface area (Å²) in [4.78, 5) is 2.52. The number of hydrazone groups is 1. The molecule has 1 aliphatic carbocycles. The number of rotatable bonds is 3. The Bertz CT molecular complexity index is 557. The zero-order chi connectivity index (χ0) is 15.4. The second-order valence-electron chi connectivity index (χ2n) is 6.33. The highest BCUT2D eigenvalue weighted by molar-refractivity contribution is 7.80. The predicted octanol–water partition coefficient (Wildman–Crippen LogP) is 2.87. The average Bonchev–Trinajstić information content (AvgIpc) is 2.54. The van der Waals surface area contributed by atoms with Crippen LogP contribution in [-0.2, 0) is 0 Å². The summed E-state index contributed by atoms with van der Waals surface area (Å²) in [6.45, 7) is 2.33. The van der Waals surface area contributed by atoms with Crippen LogP contribution in [0.3, 0.4) is 0 Å². The molecule has 2 atom stereocenters. The molecule has 2 aliphatic rings. The first-order chi connectivity index (χ1) is 10.7. The normalized spacial score (nSPS) is 25.0. The summed E-state index contributed by atoms with van der Waals surface area (Å²) in [5.74, 6) is 1.81. The molecule has 0 radical (unpaired) electrons. The van der Waals surface area contributed by atoms with Crippen LogP contribution in [0.1, 0.15) is 37.7 Å². The summed E-state index contributed by atoms with van der Waals surface area (Å²) < 4.78 is 0. The number of benzene rings is 1. The summed E-state index contributed by atoms with van der Waals surface area (Å²) in [7, 11) is 0. The first kappa shape index (κ1) is 15.3. The maximum Gasteiger partial charge on any atom is 0.184 e. The predicted molar refractivity (Wildman–Crippen MR) is 96.2 cm³/mol. The van der Waals surface area contributed by atoms with Gasteiger partial charge in [0.05, 0.1) is 6.21 Å². The van der Waals surface area contributed by atoms with Gasteiger partial charge in [0, 0.05) is 24.3 Å². The van der Waals surface area contributed by atoms with Gasteiger partial charge >= 0.3 is 0 Å². The molecule has 1 saturated heterocycles. The van der Waals surface area contributed by atoms with E-state index < -0.39 is 0 Å². The average molecular weight is 316 g/mol. The molecule has 118 valence electrons. The van der Waals surface area contributed by atoms with Gasteiger partial charge in [-0.25, -0.2) is 0 Å². The molecule has 22 heavy (non-hydrogen) atoms. The van der Waals surface area contributed by atoms with Crippen molar-refractivity contribution in [3.8, 4) is 0 Å². The van der Waals surface area contributed by atoms with Crippen LogP contribution in [0.5, 0.6) is 0 Å². The van der Waals surface area contributed by atoms with Crippen molar-refractivity contribution in [1.29, 1.82) is 0 Å². The Hall–Kier alpha value is -1.62. The molecule has 1 heterocycles. The van der Waals surface area contributed by atoms with Crippen LogP contribution in [0.4, 0.5) is 5.69 Å². The number of nitrogens with two attached hydrogens (primary N) is 1. The van der Waals surface area contributed by atoms with E-state index in [1.807, 2.05) is 6.07 Å². The molecule has 0 amide bonds. The standard InChI is InChI=1S/C17H24N4S/c18-17(22)20-19-11-14-6-3-4-8-16(14)21-10-9-13-5-1-2-7-15(13)12-21/h3-4,6,8,11,13,15H,1-2,5,7,9-10,12H2,(H3,18,20,22)/t13-,15+/m0/s1. The SMILES string of the molecule is NC(=S)NN=Cc1ccccc1N1CC[C@@H]2CCCC[C@@H]2C1. The molecular formula is C17H24N4S. The van der Waals surface area contributed by atoms with Crippen LogP contribution in [0.25, 0.3) is 0 Å². The highest BCUT2D eigenvalue weighted by Gasteiger charge is 2.31. The largest absolute Gasteiger partial charge is 0.375 e. The number of hydrogen-bond donors (Lipinski definition) is 2. The number of anilines is 1. The topological polar surface area (TPSA) is 53.6 Å². The molecule has 0 bridgehead atoms. The summed E-state index contributed by atoms with van der Waals surface area (Å²) in [6.07, 6.45) is 8.77. The monoisotopic (exact) mass is 316 g/mol. The van der Waals surface area contributed by atoms with E-state index in [2.05, 4.69) is 33.6 Å². The van der Waals surface area contributed by atoms with Gasteiger partial charge in [0.25, 0.3) is 0 Å². The quantitative estimate of drug-likeness (QED) is 0.511. The number of fused-ring (bicyclic) bond motifs is 1. The molecule has 4 nitrogen and oxygen atoms in total. The molecule has 2 fully saturated rings. The molecule has 1 aromatic rings. The molecule has 0 spiro atoms. The van der Waals surface area contributed by atoms with Crippen molar-refractivity contribution in [3.05, 3.63) is 29.8 Å². The van der Waals surface area contributed by atoms with Crippen LogP contribution in [-0.4, -0.2) is 24.4 Å². The first-order valence-corrected chi connectivity index (χ1v) is 8.57. The number of hydrogen-bond acceptors (Lipinski definition) is 3. The zero-order valence-electron chi connectivity index (χ0n) is 12.9. The number of nitrogens with zero attached hydrogens (tertiary/aromatic N) is 2. The highest BCUT2D eigenvalue weighted by Crippen LogP contribution is 2.37. The second-order valence-corrected chi connectivity index (χ2v) is 6.77. The van der Waals surface area contributed by atoms with E-state index in [4.69, 9.17) is 18.0 Å². The molecule has 3 N–H and O–H groups in total. The summed E-state index contributed by atoms with van der Waals surface area (Å²) in [5.41, 5.74) is 10.4. The Morgan fingerprint density at radius 2 is 2.00 bits per heavy atom. The van der Waals surface area contributed by atoms with E-state index in [0.29, 0.717) is 0 Å². The Morgan fingerprint density at radius 3 is 2.82 bits per heavy atom. The Kier molecular flexibility index (Phi) is 4.93. The van der Waals surface area contributed by atoms with Crippen LogP contribution in [0, 0.1) is 11.8 Å². The van der Waals surface area contributed by atoms with E-state index in [1.54, 1.807) is 6.21 Å². The molecule has 1 aromatic carbocycles. The van der Waals surface area contributed by atoms with Crippen molar-refractivity contribution in [3.63, 3.8) is 0 Å². The van der Waals surface area contributed by atoms with E-state index in [1.165, 1.54) is 44.3 Å². The van der Waals surface area contributed by atoms with Crippen molar-refractivity contribution in [2.24, 2.45) is 22.7 Å². The molecular weight excluding hydrogens is 292 g/mol. The van der Waals surface area contributed by atoms with Gasteiger partial charge in [-0.3, -0.25) is 5.43 Å². The van der Waals surface area contributed by atoms with Crippen molar-refractivity contribution < 1.29 is 0 Å². The summed E-state index contributed by atoms with van der Waals surface area (Å²) in [6, 6.07) is 8.41.